The summed E-state index contributed by atoms with van der Waals surface area (Å²) in [5.74, 6) is 0.779. The third-order valence-corrected chi connectivity index (χ3v) is 4.68. The van der Waals surface area contributed by atoms with Crippen LogP contribution in [-0.2, 0) is 6.42 Å². The van der Waals surface area contributed by atoms with Gasteiger partial charge >= 0.3 is 6.09 Å². The number of unbranched alkanes of at least 4 members (excludes halogenated alkanes) is 5. The van der Waals surface area contributed by atoms with Gasteiger partial charge in [-0.05, 0) is 24.3 Å². The molecule has 0 saturated heterocycles. The summed E-state index contributed by atoms with van der Waals surface area (Å²) in [6.07, 6.45) is 7.75. The Balaban J connectivity index is 1.93. The summed E-state index contributed by atoms with van der Waals surface area (Å²) in [6.45, 7) is 6.04. The maximum atomic E-state index is 11.0. The number of rotatable bonds is 11. The van der Waals surface area contributed by atoms with Crippen LogP contribution in [0.15, 0.2) is 28.8 Å². The molecule has 0 saturated carbocycles. The number of aryl methyl sites for hydroxylation is 1. The molecule has 148 valence electrons. The number of hydrogen-bond acceptors (Lipinski definition) is 4. The lowest BCUT2D eigenvalue weighted by Gasteiger charge is -2.15. The number of amides is 1. The van der Waals surface area contributed by atoms with Gasteiger partial charge in [0.2, 0.25) is 11.7 Å². The van der Waals surface area contributed by atoms with Gasteiger partial charge in [0.25, 0.3) is 0 Å². The molecular weight excluding hydrogens is 342 g/mol. The molecule has 6 heteroatoms. The SMILES string of the molecule is CCCCCCCCc1ccc(-c2noc(C(NC(=O)O)C(C)C)n2)cc1. The van der Waals surface area contributed by atoms with E-state index in [1.807, 2.05) is 26.0 Å². The zero-order valence-electron chi connectivity index (χ0n) is 16.6. The number of aromatic nitrogens is 2. The van der Waals surface area contributed by atoms with E-state index in [-0.39, 0.29) is 5.92 Å². The van der Waals surface area contributed by atoms with Crippen molar-refractivity contribution in [1.29, 1.82) is 0 Å². The largest absolute Gasteiger partial charge is 0.465 e. The van der Waals surface area contributed by atoms with Gasteiger partial charge < -0.3 is 14.9 Å². The molecule has 1 heterocycles. The summed E-state index contributed by atoms with van der Waals surface area (Å²) in [6, 6.07) is 7.68. The second-order valence-corrected chi connectivity index (χ2v) is 7.34. The number of hydrogen-bond donors (Lipinski definition) is 2. The monoisotopic (exact) mass is 373 g/mol. The molecule has 6 nitrogen and oxygen atoms in total. The van der Waals surface area contributed by atoms with E-state index in [0.29, 0.717) is 11.7 Å². The Labute approximate surface area is 161 Å². The molecule has 0 spiro atoms. The van der Waals surface area contributed by atoms with E-state index in [0.717, 1.165) is 12.0 Å². The molecule has 1 amide bonds. The Morgan fingerprint density at radius 2 is 1.78 bits per heavy atom. The lowest BCUT2D eigenvalue weighted by Crippen LogP contribution is -2.30. The highest BCUT2D eigenvalue weighted by atomic mass is 16.5. The molecule has 1 atom stereocenters. The number of carbonyl (C=O) groups is 1. The lowest BCUT2D eigenvalue weighted by atomic mass is 10.0. The van der Waals surface area contributed by atoms with Crippen molar-refractivity contribution in [3.8, 4) is 11.4 Å². The van der Waals surface area contributed by atoms with Gasteiger partial charge in [-0.3, -0.25) is 0 Å². The summed E-state index contributed by atoms with van der Waals surface area (Å²) in [7, 11) is 0. The zero-order valence-corrected chi connectivity index (χ0v) is 16.6. The van der Waals surface area contributed by atoms with Crippen molar-refractivity contribution in [3.05, 3.63) is 35.7 Å². The van der Waals surface area contributed by atoms with E-state index in [1.165, 1.54) is 44.1 Å². The number of carboxylic acid groups (broad SMARTS) is 1. The summed E-state index contributed by atoms with van der Waals surface area (Å²) >= 11 is 0. The maximum Gasteiger partial charge on any atom is 0.405 e. The number of nitrogens with one attached hydrogen (secondary N) is 1. The third-order valence-electron chi connectivity index (χ3n) is 4.68. The molecule has 0 radical (unpaired) electrons. The van der Waals surface area contributed by atoms with Gasteiger partial charge in [-0.2, -0.15) is 4.98 Å². The van der Waals surface area contributed by atoms with Gasteiger partial charge in [-0.25, -0.2) is 4.79 Å². The van der Waals surface area contributed by atoms with Crippen molar-refractivity contribution in [1.82, 2.24) is 15.5 Å². The Morgan fingerprint density at radius 1 is 1.11 bits per heavy atom. The first-order valence-electron chi connectivity index (χ1n) is 9.93. The summed E-state index contributed by atoms with van der Waals surface area (Å²) in [5, 5.41) is 15.4. The molecule has 1 unspecified atom stereocenters. The first-order chi connectivity index (χ1) is 13.0. The van der Waals surface area contributed by atoms with Gasteiger partial charge in [0.05, 0.1) is 0 Å². The molecule has 0 aliphatic rings. The van der Waals surface area contributed by atoms with Crippen molar-refractivity contribution in [2.24, 2.45) is 5.92 Å². The summed E-state index contributed by atoms with van der Waals surface area (Å²) < 4.78 is 5.30. The minimum atomic E-state index is -1.10. The Hall–Kier alpha value is -2.37. The van der Waals surface area contributed by atoms with Gasteiger partial charge in [0.1, 0.15) is 6.04 Å². The molecule has 2 aromatic rings. The second kappa shape index (κ2) is 10.7. The first kappa shape index (κ1) is 20.9. The Morgan fingerprint density at radius 3 is 2.41 bits per heavy atom. The van der Waals surface area contributed by atoms with E-state index in [1.54, 1.807) is 0 Å². The average molecular weight is 373 g/mol. The first-order valence-corrected chi connectivity index (χ1v) is 9.93. The van der Waals surface area contributed by atoms with Crippen LogP contribution in [0.5, 0.6) is 0 Å². The van der Waals surface area contributed by atoms with E-state index in [2.05, 4.69) is 34.5 Å². The molecule has 0 aliphatic heterocycles. The molecule has 1 aromatic heterocycles. The third kappa shape index (κ3) is 6.70. The fraction of sp³-hybridized carbons (Fsp3) is 0.571. The predicted octanol–water partition coefficient (Wildman–Crippen LogP) is 5.60. The van der Waals surface area contributed by atoms with Crippen LogP contribution >= 0.6 is 0 Å². The van der Waals surface area contributed by atoms with Crippen molar-refractivity contribution >= 4 is 6.09 Å². The Kier molecular flexibility index (Phi) is 8.30. The van der Waals surface area contributed by atoms with Crippen molar-refractivity contribution in [2.45, 2.75) is 71.8 Å². The summed E-state index contributed by atoms with van der Waals surface area (Å²) in [4.78, 5) is 15.3. The highest BCUT2D eigenvalue weighted by Crippen LogP contribution is 2.24. The van der Waals surface area contributed by atoms with E-state index in [9.17, 15) is 4.79 Å². The molecule has 0 aliphatic carbocycles. The maximum absolute atomic E-state index is 11.0. The molecule has 2 rings (SSSR count). The fourth-order valence-corrected chi connectivity index (χ4v) is 3.06. The Bertz CT molecular complexity index is 695. The highest BCUT2D eigenvalue weighted by molar-refractivity contribution is 5.65. The summed E-state index contributed by atoms with van der Waals surface area (Å²) in [5.41, 5.74) is 2.18. The lowest BCUT2D eigenvalue weighted by molar-refractivity contribution is 0.180. The highest BCUT2D eigenvalue weighted by Gasteiger charge is 2.24. The van der Waals surface area contributed by atoms with E-state index >= 15 is 0 Å². The van der Waals surface area contributed by atoms with Crippen LogP contribution in [0.4, 0.5) is 4.79 Å². The van der Waals surface area contributed by atoms with Gasteiger partial charge in [-0.15, -0.1) is 0 Å². The van der Waals surface area contributed by atoms with Crippen LogP contribution in [0, 0.1) is 5.92 Å². The van der Waals surface area contributed by atoms with Crippen molar-refractivity contribution < 1.29 is 14.4 Å². The smallest absolute Gasteiger partial charge is 0.405 e. The van der Waals surface area contributed by atoms with Crippen molar-refractivity contribution in [2.75, 3.05) is 0 Å². The minimum absolute atomic E-state index is 0.00843. The quantitative estimate of drug-likeness (QED) is 0.500. The van der Waals surface area contributed by atoms with Crippen molar-refractivity contribution in [3.63, 3.8) is 0 Å². The van der Waals surface area contributed by atoms with E-state index < -0.39 is 12.1 Å². The number of nitrogens with zero attached hydrogens (tertiary/aromatic N) is 2. The van der Waals surface area contributed by atoms with Gasteiger partial charge in [0, 0.05) is 5.56 Å². The van der Waals surface area contributed by atoms with Crippen LogP contribution in [0.2, 0.25) is 0 Å². The average Bonchev–Trinajstić information content (AvgIpc) is 3.12. The van der Waals surface area contributed by atoms with Gasteiger partial charge in [0.15, 0.2) is 0 Å². The molecule has 0 fully saturated rings. The predicted molar refractivity (Wildman–Crippen MR) is 106 cm³/mol. The van der Waals surface area contributed by atoms with Crippen LogP contribution < -0.4 is 5.32 Å². The molecule has 0 bridgehead atoms. The fourth-order valence-electron chi connectivity index (χ4n) is 3.06. The van der Waals surface area contributed by atoms with Gasteiger partial charge in [-0.1, -0.05) is 82.3 Å². The normalized spacial score (nSPS) is 12.3. The molecule has 27 heavy (non-hydrogen) atoms. The molecule has 2 N–H and O–H groups in total. The standard InChI is InChI=1S/C21H31N3O3/c1-4-5-6-7-8-9-10-16-11-13-17(14-12-16)19-23-20(27-24-19)18(15(2)3)22-21(25)26/h11-15,18,22H,4-10H2,1-3H3,(H,25,26). The van der Waals surface area contributed by atoms with Crippen LogP contribution in [0.1, 0.15) is 76.8 Å². The van der Waals surface area contributed by atoms with Crippen LogP contribution in [0.3, 0.4) is 0 Å². The number of benzene rings is 1. The second-order valence-electron chi connectivity index (χ2n) is 7.34. The van der Waals surface area contributed by atoms with Crippen LogP contribution in [-0.4, -0.2) is 21.3 Å². The van der Waals surface area contributed by atoms with Crippen LogP contribution in [0.25, 0.3) is 11.4 Å². The zero-order chi connectivity index (χ0) is 19.6. The topological polar surface area (TPSA) is 88.2 Å². The molecule has 1 aromatic carbocycles. The molecular formula is C21H31N3O3. The van der Waals surface area contributed by atoms with E-state index in [4.69, 9.17) is 9.63 Å². The minimum Gasteiger partial charge on any atom is -0.465 e.